The topological polar surface area (TPSA) is 102 Å². The maximum atomic E-state index is 12.4. The fraction of sp³-hybridized carbons (Fsp3) is 0.647. The second kappa shape index (κ2) is 8.31. The molecule has 0 saturated carbocycles. The van der Waals surface area contributed by atoms with Crippen LogP contribution < -0.4 is 11.2 Å². The van der Waals surface area contributed by atoms with Crippen molar-refractivity contribution in [3.8, 4) is 0 Å². The number of aryl methyl sites for hydroxylation is 1. The van der Waals surface area contributed by atoms with Crippen molar-refractivity contribution in [2.24, 2.45) is 7.05 Å². The Kier molecular flexibility index (Phi) is 6.36. The Hall–Kier alpha value is -2.42. The average Bonchev–Trinajstić information content (AvgIpc) is 3.01. The molecule has 0 spiro atoms. The average molecular weight is 365 g/mol. The molecule has 0 aromatic carbocycles. The van der Waals surface area contributed by atoms with Gasteiger partial charge in [0.25, 0.3) is 5.56 Å². The quantitative estimate of drug-likeness (QED) is 0.694. The minimum absolute atomic E-state index is 0.201. The van der Waals surface area contributed by atoms with Crippen LogP contribution in [-0.4, -0.2) is 50.2 Å². The maximum Gasteiger partial charge on any atom is 0.329 e. The van der Waals surface area contributed by atoms with E-state index in [9.17, 15) is 14.4 Å². The number of unbranched alkanes of at least 4 members (excludes halogenated alkanes) is 1. The summed E-state index contributed by atoms with van der Waals surface area (Å²) in [5.41, 5.74) is -0.639. The molecule has 0 aliphatic carbocycles. The first-order valence-corrected chi connectivity index (χ1v) is 8.85. The van der Waals surface area contributed by atoms with Crippen LogP contribution in [0.25, 0.3) is 11.2 Å². The van der Waals surface area contributed by atoms with Crippen LogP contribution in [0.1, 0.15) is 45.5 Å². The molecule has 0 fully saturated rings. The summed E-state index contributed by atoms with van der Waals surface area (Å²) in [5, 5.41) is 0. The Balaban J connectivity index is 2.66. The molecule has 2 rings (SSSR count). The Bertz CT molecular complexity index is 895. The van der Waals surface area contributed by atoms with Gasteiger partial charge < -0.3 is 9.30 Å². The van der Waals surface area contributed by atoms with Gasteiger partial charge in [-0.2, -0.15) is 0 Å². The van der Waals surface area contributed by atoms with Crippen molar-refractivity contribution in [1.82, 2.24) is 24.0 Å². The number of hydrogen-bond acceptors (Lipinski definition) is 6. The van der Waals surface area contributed by atoms with Gasteiger partial charge in [-0.25, -0.2) is 14.6 Å². The molecule has 0 bridgehead atoms. The van der Waals surface area contributed by atoms with Gasteiger partial charge >= 0.3 is 11.7 Å². The van der Waals surface area contributed by atoms with E-state index in [1.807, 2.05) is 0 Å². The number of H-pyrrole nitrogens is 1. The highest BCUT2D eigenvalue weighted by Gasteiger charge is 2.26. The molecule has 9 heteroatoms. The molecule has 0 saturated heterocycles. The second-order valence-corrected chi connectivity index (χ2v) is 6.31. The van der Waals surface area contributed by atoms with Crippen molar-refractivity contribution in [2.75, 3.05) is 20.2 Å². The molecule has 1 atom stereocenters. The van der Waals surface area contributed by atoms with Crippen LogP contribution in [0.2, 0.25) is 0 Å². The maximum absolute atomic E-state index is 12.4. The van der Waals surface area contributed by atoms with E-state index >= 15 is 0 Å². The van der Waals surface area contributed by atoms with Crippen molar-refractivity contribution in [3.63, 3.8) is 0 Å². The summed E-state index contributed by atoms with van der Waals surface area (Å²) in [5.74, 6) is 0.0814. The van der Waals surface area contributed by atoms with Crippen molar-refractivity contribution >= 4 is 17.1 Å². The number of rotatable bonds is 8. The van der Waals surface area contributed by atoms with Gasteiger partial charge in [0.2, 0.25) is 0 Å². The number of ether oxygens (including phenoxy) is 1. The molecule has 2 aromatic rings. The molecular formula is C17H27N5O4. The van der Waals surface area contributed by atoms with Crippen molar-refractivity contribution < 1.29 is 9.53 Å². The number of imidazole rings is 1. The first-order chi connectivity index (χ1) is 12.3. The minimum Gasteiger partial charge on any atom is -0.467 e. The Morgan fingerprint density at radius 2 is 2.04 bits per heavy atom. The number of esters is 1. The summed E-state index contributed by atoms with van der Waals surface area (Å²) >= 11 is 0. The number of carbonyl (C=O) groups excluding carboxylic acids is 1. The smallest absolute Gasteiger partial charge is 0.329 e. The fourth-order valence-electron chi connectivity index (χ4n) is 2.98. The molecule has 2 heterocycles. The third-order valence-electron chi connectivity index (χ3n) is 4.59. The highest BCUT2D eigenvalue weighted by atomic mass is 16.5. The largest absolute Gasteiger partial charge is 0.467 e. The fourth-order valence-corrected chi connectivity index (χ4v) is 2.98. The molecule has 1 N–H and O–H groups in total. The molecule has 0 aliphatic heterocycles. The van der Waals surface area contributed by atoms with Gasteiger partial charge in [-0.1, -0.05) is 20.3 Å². The molecule has 2 aromatic heterocycles. The summed E-state index contributed by atoms with van der Waals surface area (Å²) < 4.78 is 7.71. The van der Waals surface area contributed by atoms with E-state index in [2.05, 4.69) is 28.7 Å². The highest BCUT2D eigenvalue weighted by Crippen LogP contribution is 2.20. The molecule has 0 radical (unpaired) electrons. The van der Waals surface area contributed by atoms with Crippen LogP contribution in [0.15, 0.2) is 9.59 Å². The number of aromatic amines is 1. The molecule has 26 heavy (non-hydrogen) atoms. The number of hydrogen-bond donors (Lipinski definition) is 1. The van der Waals surface area contributed by atoms with Crippen molar-refractivity contribution in [3.05, 3.63) is 26.7 Å². The molecule has 0 unspecified atom stereocenters. The van der Waals surface area contributed by atoms with Crippen LogP contribution in [0.5, 0.6) is 0 Å². The standard InChI is InChI=1S/C17H27N5O4/c1-6-8-9-21(7-2)10-12-18-14-13(15(23)19-17(25)20(14)4)22(12)11(3)16(24)26-5/h11H,6-10H2,1-5H3,(H,19,23,25)/t11-/m0/s1. The first kappa shape index (κ1) is 19.9. The zero-order valence-corrected chi connectivity index (χ0v) is 16.0. The molecule has 0 aliphatic rings. The monoisotopic (exact) mass is 365 g/mol. The third-order valence-corrected chi connectivity index (χ3v) is 4.59. The zero-order valence-electron chi connectivity index (χ0n) is 16.0. The van der Waals surface area contributed by atoms with Crippen LogP contribution in [0, 0.1) is 0 Å². The van der Waals surface area contributed by atoms with Gasteiger partial charge in [-0.3, -0.25) is 19.2 Å². The predicted molar refractivity (Wildman–Crippen MR) is 98.2 cm³/mol. The van der Waals surface area contributed by atoms with Crippen LogP contribution in [-0.2, 0) is 23.1 Å². The van der Waals surface area contributed by atoms with Crippen LogP contribution >= 0.6 is 0 Å². The zero-order chi connectivity index (χ0) is 19.4. The third kappa shape index (κ3) is 3.72. The van der Waals surface area contributed by atoms with E-state index in [1.165, 1.54) is 11.7 Å². The van der Waals surface area contributed by atoms with Crippen LogP contribution in [0.4, 0.5) is 0 Å². The minimum atomic E-state index is -0.733. The lowest BCUT2D eigenvalue weighted by atomic mass is 10.3. The Morgan fingerprint density at radius 1 is 1.35 bits per heavy atom. The SMILES string of the molecule is CCCCN(CC)Cc1nc2c(c(=O)[nH]c(=O)n2C)n1[C@@H](C)C(=O)OC. The first-order valence-electron chi connectivity index (χ1n) is 8.85. The summed E-state index contributed by atoms with van der Waals surface area (Å²) in [6, 6.07) is -0.733. The molecular weight excluding hydrogens is 338 g/mol. The molecule has 0 amide bonds. The Labute approximate surface area is 151 Å². The van der Waals surface area contributed by atoms with E-state index in [4.69, 9.17) is 4.74 Å². The van der Waals surface area contributed by atoms with E-state index in [0.29, 0.717) is 12.4 Å². The van der Waals surface area contributed by atoms with Gasteiger partial charge in [0, 0.05) is 7.05 Å². The Morgan fingerprint density at radius 3 is 2.62 bits per heavy atom. The second-order valence-electron chi connectivity index (χ2n) is 6.31. The van der Waals surface area contributed by atoms with Gasteiger partial charge in [0.15, 0.2) is 11.2 Å². The number of carbonyl (C=O) groups is 1. The van der Waals surface area contributed by atoms with Gasteiger partial charge in [-0.15, -0.1) is 0 Å². The number of methoxy groups -OCH3 is 1. The van der Waals surface area contributed by atoms with Crippen molar-refractivity contribution in [2.45, 2.75) is 46.2 Å². The van der Waals surface area contributed by atoms with E-state index < -0.39 is 23.3 Å². The number of fused-ring (bicyclic) bond motifs is 1. The number of nitrogens with zero attached hydrogens (tertiary/aromatic N) is 4. The van der Waals surface area contributed by atoms with Crippen molar-refractivity contribution in [1.29, 1.82) is 0 Å². The number of aromatic nitrogens is 4. The van der Waals surface area contributed by atoms with E-state index in [-0.39, 0.29) is 11.2 Å². The number of nitrogens with one attached hydrogen (secondary N) is 1. The predicted octanol–water partition coefficient (Wildman–Crippen LogP) is 0.779. The highest BCUT2D eigenvalue weighted by molar-refractivity contribution is 5.78. The van der Waals surface area contributed by atoms with Gasteiger partial charge in [-0.05, 0) is 26.4 Å². The lowest BCUT2D eigenvalue weighted by Crippen LogP contribution is -2.31. The molecule has 144 valence electrons. The van der Waals surface area contributed by atoms with E-state index in [0.717, 1.165) is 25.9 Å². The van der Waals surface area contributed by atoms with Gasteiger partial charge in [0.05, 0.1) is 13.7 Å². The lowest BCUT2D eigenvalue weighted by Gasteiger charge is -2.21. The summed E-state index contributed by atoms with van der Waals surface area (Å²) in [4.78, 5) is 45.5. The summed E-state index contributed by atoms with van der Waals surface area (Å²) in [6.45, 7) is 8.00. The van der Waals surface area contributed by atoms with Gasteiger partial charge in [0.1, 0.15) is 11.9 Å². The van der Waals surface area contributed by atoms with E-state index in [1.54, 1.807) is 18.5 Å². The summed E-state index contributed by atoms with van der Waals surface area (Å²) in [7, 11) is 2.84. The normalized spacial score (nSPS) is 12.7. The summed E-state index contributed by atoms with van der Waals surface area (Å²) in [6.07, 6.45) is 2.11. The molecule has 9 nitrogen and oxygen atoms in total. The lowest BCUT2D eigenvalue weighted by molar-refractivity contribution is -0.144. The van der Waals surface area contributed by atoms with Crippen LogP contribution in [0.3, 0.4) is 0 Å².